The van der Waals surface area contributed by atoms with Gasteiger partial charge >= 0.3 is 0 Å². The van der Waals surface area contributed by atoms with Crippen LogP contribution in [-0.4, -0.2) is 127 Å². The third kappa shape index (κ3) is 12.3. The zero-order valence-corrected chi connectivity index (χ0v) is 40.7. The van der Waals surface area contributed by atoms with Gasteiger partial charge in [-0.15, -0.1) is 0 Å². The fraction of sp³-hybridized carbons (Fsp3) is 0.481. The van der Waals surface area contributed by atoms with Crippen molar-refractivity contribution < 1.29 is 38.2 Å². The molecular weight excluding hydrogens is 851 g/mol. The Morgan fingerprint density at radius 2 is 1.76 bits per heavy atom. The van der Waals surface area contributed by atoms with E-state index in [0.717, 1.165) is 64.4 Å². The van der Waals surface area contributed by atoms with Crippen molar-refractivity contribution in [2.24, 2.45) is 17.3 Å². The Hall–Kier alpha value is -6.03. The van der Waals surface area contributed by atoms with Gasteiger partial charge in [0.1, 0.15) is 18.9 Å². The van der Waals surface area contributed by atoms with Crippen LogP contribution in [0.4, 0.5) is 0 Å². The molecule has 2 aromatic carbocycles. The number of hydrogen-bond donors (Lipinski definition) is 2. The Bertz CT molecular complexity index is 2390. The summed E-state index contributed by atoms with van der Waals surface area (Å²) in [5.74, 6) is -0.510. The summed E-state index contributed by atoms with van der Waals surface area (Å²) in [7, 11) is 5.38. The number of hydrazine groups is 1. The molecule has 2 aromatic heterocycles. The minimum Gasteiger partial charge on any atom is -0.467 e. The van der Waals surface area contributed by atoms with E-state index in [-0.39, 0.29) is 48.1 Å². The normalized spacial score (nSPS) is 16.5. The van der Waals surface area contributed by atoms with Crippen molar-refractivity contribution in [3.8, 4) is 22.4 Å². The van der Waals surface area contributed by atoms with Crippen LogP contribution in [0.3, 0.4) is 0 Å². The third-order valence-corrected chi connectivity index (χ3v) is 12.6. The van der Waals surface area contributed by atoms with Gasteiger partial charge in [-0.2, -0.15) is 0 Å². The van der Waals surface area contributed by atoms with E-state index in [1.807, 2.05) is 101 Å². The molecule has 0 spiro atoms. The summed E-state index contributed by atoms with van der Waals surface area (Å²) in [6.07, 6.45) is 6.55. The maximum atomic E-state index is 14.8. The standard InChI is InChI=1S/C44H58N6O6.C8H11NO2/c1-10-49-36-19-18-32(25-34(36)37(41(52)44(5,6)26-56-27-51)40(49)33-17-14-20-45-38(33)29(4)55-9)31-16-13-15-30(23-31)24-35(43(54)50-22-12-11-21-46-50)47-42(53)39(28(2)3)48(7)8;1-2-8(11)9-4-3-7(5-9)6-10/h13-20,23,25,27-29,35,39,46H,10-12,21-22,24,26H2,1-9H3,(H,47,53);2,6-7H,1,3-5H2. The van der Waals surface area contributed by atoms with Gasteiger partial charge in [-0.25, -0.2) is 5.43 Å². The fourth-order valence-corrected chi connectivity index (χ4v) is 9.07. The molecule has 0 aliphatic carbocycles. The number of likely N-dealkylation sites (tertiary alicyclic amines) is 1. The number of ether oxygens (including phenoxy) is 2. The van der Waals surface area contributed by atoms with Crippen molar-refractivity contribution in [1.82, 2.24) is 35.1 Å². The zero-order valence-electron chi connectivity index (χ0n) is 40.7. The highest BCUT2D eigenvalue weighted by atomic mass is 16.5. The van der Waals surface area contributed by atoms with Crippen LogP contribution in [0, 0.1) is 17.3 Å². The van der Waals surface area contributed by atoms with Crippen LogP contribution in [0.1, 0.15) is 88.5 Å². The lowest BCUT2D eigenvalue weighted by Gasteiger charge is -2.33. The van der Waals surface area contributed by atoms with Crippen LogP contribution < -0.4 is 10.7 Å². The first-order chi connectivity index (χ1) is 32.0. The number of aryl methyl sites for hydroxylation is 1. The molecule has 3 amide bonds. The molecule has 2 fully saturated rings. The monoisotopic (exact) mass is 920 g/mol. The summed E-state index contributed by atoms with van der Waals surface area (Å²) in [5.41, 5.74) is 8.45. The molecule has 0 saturated carbocycles. The second kappa shape index (κ2) is 23.6. The number of aromatic nitrogens is 2. The summed E-state index contributed by atoms with van der Waals surface area (Å²) in [4.78, 5) is 83.1. The van der Waals surface area contributed by atoms with E-state index in [4.69, 9.17) is 9.47 Å². The van der Waals surface area contributed by atoms with Crippen LogP contribution >= 0.6 is 0 Å². The van der Waals surface area contributed by atoms with Crippen molar-refractivity contribution in [3.63, 3.8) is 0 Å². The lowest BCUT2D eigenvalue weighted by Crippen LogP contribution is -2.58. The number of aldehydes is 1. The van der Waals surface area contributed by atoms with Crippen LogP contribution in [0.25, 0.3) is 33.3 Å². The average molecular weight is 920 g/mol. The topological polar surface area (TPSA) is 172 Å². The number of hydrogen-bond acceptors (Lipinski definition) is 11. The van der Waals surface area contributed by atoms with Crippen molar-refractivity contribution in [2.45, 2.75) is 92.0 Å². The Balaban J connectivity index is 0.000000669. The van der Waals surface area contributed by atoms with Crippen LogP contribution in [0.2, 0.25) is 0 Å². The van der Waals surface area contributed by atoms with Gasteiger partial charge < -0.3 is 29.1 Å². The molecule has 2 aliphatic heterocycles. The van der Waals surface area contributed by atoms with Crippen LogP contribution in [0.15, 0.2) is 73.4 Å². The molecule has 2 N–H and O–H groups in total. The van der Waals surface area contributed by atoms with Gasteiger partial charge in [0, 0.05) is 74.8 Å². The lowest BCUT2D eigenvalue weighted by molar-refractivity contribution is -0.141. The first-order valence-corrected chi connectivity index (χ1v) is 23.2. The van der Waals surface area contributed by atoms with E-state index in [1.54, 1.807) is 37.1 Å². The van der Waals surface area contributed by atoms with E-state index in [1.165, 1.54) is 6.08 Å². The number of Topliss-reactive ketones (excluding diaryl/α,β-unsaturated/α-hetero) is 1. The first-order valence-electron chi connectivity index (χ1n) is 23.2. The summed E-state index contributed by atoms with van der Waals surface area (Å²) in [6.45, 7) is 18.3. The number of pyridine rings is 1. The number of nitrogens with one attached hydrogen (secondary N) is 2. The summed E-state index contributed by atoms with van der Waals surface area (Å²) < 4.78 is 13.0. The molecule has 0 radical (unpaired) electrons. The summed E-state index contributed by atoms with van der Waals surface area (Å²) in [5, 5.41) is 5.51. The Morgan fingerprint density at radius 3 is 2.37 bits per heavy atom. The molecule has 0 bridgehead atoms. The van der Waals surface area contributed by atoms with E-state index in [0.29, 0.717) is 56.9 Å². The van der Waals surface area contributed by atoms with Gasteiger partial charge in [-0.1, -0.05) is 50.8 Å². The Morgan fingerprint density at radius 1 is 1.01 bits per heavy atom. The van der Waals surface area contributed by atoms with Crippen molar-refractivity contribution in [2.75, 3.05) is 54.0 Å². The Labute approximate surface area is 395 Å². The molecule has 2 aliphatic rings. The van der Waals surface area contributed by atoms with Gasteiger partial charge in [0.25, 0.3) is 12.4 Å². The minimum atomic E-state index is -1.04. The fourth-order valence-electron chi connectivity index (χ4n) is 9.07. The smallest absolute Gasteiger partial charge is 0.293 e. The van der Waals surface area contributed by atoms with Crippen LogP contribution in [-0.2, 0) is 46.4 Å². The molecule has 67 heavy (non-hydrogen) atoms. The number of rotatable bonds is 19. The van der Waals surface area contributed by atoms with E-state index in [2.05, 4.69) is 26.9 Å². The van der Waals surface area contributed by atoms with Crippen LogP contribution in [0.5, 0.6) is 0 Å². The van der Waals surface area contributed by atoms with Gasteiger partial charge in [0.2, 0.25) is 11.8 Å². The van der Waals surface area contributed by atoms with Gasteiger partial charge in [-0.3, -0.25) is 38.9 Å². The number of methoxy groups -OCH3 is 1. The third-order valence-electron chi connectivity index (χ3n) is 12.6. The van der Waals surface area contributed by atoms with E-state index >= 15 is 0 Å². The molecule has 15 nitrogen and oxygen atoms in total. The highest BCUT2D eigenvalue weighted by Gasteiger charge is 2.37. The zero-order chi connectivity index (χ0) is 49.0. The molecule has 360 valence electrons. The number of fused-ring (bicyclic) bond motifs is 1. The molecule has 15 heteroatoms. The average Bonchev–Trinajstić information content (AvgIpc) is 3.95. The highest BCUT2D eigenvalue weighted by Crippen LogP contribution is 2.42. The number of carbonyl (C=O) groups is 6. The second-order valence-electron chi connectivity index (χ2n) is 18.5. The molecule has 4 atom stereocenters. The molecule has 6 rings (SSSR count). The van der Waals surface area contributed by atoms with E-state index in [9.17, 15) is 28.8 Å². The Kier molecular flexibility index (Phi) is 18.3. The summed E-state index contributed by atoms with van der Waals surface area (Å²) >= 11 is 0. The van der Waals surface area contributed by atoms with Gasteiger partial charge in [-0.05, 0) is 114 Å². The SMILES string of the molecule is C=CC(=O)N1CCC(C=O)C1.CCn1c(-c2cccnc2C(C)OC)c(C(=O)C(C)(C)COC=O)c2cc(-c3cccc(CC(NC(=O)C(C(C)C)N(C)C)C(=O)N4CCCCN4)c3)ccc21. The first kappa shape index (κ1) is 51.9. The molecule has 4 heterocycles. The number of benzene rings is 2. The lowest BCUT2D eigenvalue weighted by atomic mass is 9.82. The number of amides is 3. The quantitative estimate of drug-likeness (QED) is 0.0603. The van der Waals surface area contributed by atoms with Gasteiger partial charge in [0.15, 0.2) is 5.78 Å². The molecule has 2 saturated heterocycles. The number of ketones is 1. The second-order valence-corrected chi connectivity index (χ2v) is 18.5. The minimum absolute atomic E-state index is 0.0406. The van der Waals surface area contributed by atoms with Gasteiger partial charge in [0.05, 0.1) is 34.5 Å². The van der Waals surface area contributed by atoms with E-state index < -0.39 is 17.5 Å². The summed E-state index contributed by atoms with van der Waals surface area (Å²) in [6, 6.07) is 16.7. The van der Waals surface area contributed by atoms with Crippen molar-refractivity contribution >= 4 is 47.2 Å². The maximum absolute atomic E-state index is 14.8. The predicted molar refractivity (Wildman–Crippen MR) is 260 cm³/mol. The van der Waals surface area contributed by atoms with Crippen molar-refractivity contribution in [3.05, 3.63) is 90.3 Å². The molecule has 4 unspecified atom stereocenters. The predicted octanol–water partition coefficient (Wildman–Crippen LogP) is 6.44. The number of nitrogens with zero attached hydrogens (tertiary/aromatic N) is 5. The number of carbonyl (C=O) groups excluding carboxylic acids is 6. The number of likely N-dealkylation sites (N-methyl/N-ethyl adjacent to an activating group) is 1. The maximum Gasteiger partial charge on any atom is 0.293 e. The molecule has 4 aromatic rings. The highest BCUT2D eigenvalue weighted by molar-refractivity contribution is 6.16. The largest absolute Gasteiger partial charge is 0.467 e. The van der Waals surface area contributed by atoms with Crippen molar-refractivity contribution in [1.29, 1.82) is 0 Å². The molecular formula is C52H69N7O8.